The Morgan fingerprint density at radius 1 is 1.32 bits per heavy atom. The minimum absolute atomic E-state index is 0.0566. The van der Waals surface area contributed by atoms with Gasteiger partial charge in [-0.05, 0) is 63.4 Å². The maximum atomic E-state index is 12.5. The van der Waals surface area contributed by atoms with Gasteiger partial charge >= 0.3 is 0 Å². The largest absolute Gasteiger partial charge is 0.292 e. The monoisotopic (exact) mass is 279 g/mol. The molecule has 1 aromatic carbocycles. The first-order chi connectivity index (χ1) is 9.00. The molecule has 0 spiro atoms. The van der Waals surface area contributed by atoms with E-state index in [0.717, 1.165) is 12.1 Å². The van der Waals surface area contributed by atoms with Gasteiger partial charge in [-0.15, -0.1) is 0 Å². The van der Waals surface area contributed by atoms with Crippen molar-refractivity contribution < 1.29 is 4.79 Å². The fourth-order valence-corrected chi connectivity index (χ4v) is 3.05. The van der Waals surface area contributed by atoms with E-state index in [4.69, 9.17) is 11.6 Å². The highest BCUT2D eigenvalue weighted by atomic mass is 35.5. The molecule has 0 aromatic heterocycles. The molecule has 0 aliphatic carbocycles. The van der Waals surface area contributed by atoms with Crippen LogP contribution >= 0.6 is 11.6 Å². The zero-order chi connectivity index (χ0) is 14.0. The molecule has 1 saturated heterocycles. The summed E-state index contributed by atoms with van der Waals surface area (Å²) in [6, 6.07) is 7.62. The van der Waals surface area contributed by atoms with Crippen molar-refractivity contribution in [3.63, 3.8) is 0 Å². The zero-order valence-corrected chi connectivity index (χ0v) is 12.7. The number of carbonyl (C=O) groups is 1. The number of Topliss-reactive ketones (excluding diaryl/α,β-unsaturated/α-hetero) is 1. The fraction of sp³-hybridized carbons (Fsp3) is 0.562. The lowest BCUT2D eigenvalue weighted by atomic mass is 9.89. The molecule has 1 aliphatic heterocycles. The Hall–Kier alpha value is -0.860. The SMILES string of the molecule is CC1CCCN(C(C)C(=O)c2ccc(Cl)cc2)C1C. The maximum absolute atomic E-state index is 12.5. The van der Waals surface area contributed by atoms with E-state index < -0.39 is 0 Å². The molecule has 3 unspecified atom stereocenters. The van der Waals surface area contributed by atoms with Gasteiger partial charge in [-0.25, -0.2) is 0 Å². The van der Waals surface area contributed by atoms with E-state index in [0.29, 0.717) is 17.0 Å². The summed E-state index contributed by atoms with van der Waals surface area (Å²) in [7, 11) is 0. The van der Waals surface area contributed by atoms with Gasteiger partial charge in [0.2, 0.25) is 0 Å². The van der Waals surface area contributed by atoms with Crippen LogP contribution in [0.2, 0.25) is 5.02 Å². The Bertz CT molecular complexity index is 443. The van der Waals surface area contributed by atoms with Gasteiger partial charge in [-0.2, -0.15) is 0 Å². The molecule has 2 nitrogen and oxygen atoms in total. The maximum Gasteiger partial charge on any atom is 0.179 e. The summed E-state index contributed by atoms with van der Waals surface area (Å²) in [4.78, 5) is 14.9. The van der Waals surface area contributed by atoms with Crippen molar-refractivity contribution in [2.75, 3.05) is 6.54 Å². The Kier molecular flexibility index (Phi) is 4.64. The molecule has 104 valence electrons. The number of likely N-dealkylation sites (tertiary alicyclic amines) is 1. The second-order valence-corrected chi connectivity index (χ2v) is 6.08. The molecule has 1 heterocycles. The first-order valence-electron chi connectivity index (χ1n) is 7.06. The molecule has 2 rings (SSSR count). The van der Waals surface area contributed by atoms with Crippen molar-refractivity contribution in [1.82, 2.24) is 4.90 Å². The van der Waals surface area contributed by atoms with Crippen molar-refractivity contribution >= 4 is 17.4 Å². The molecule has 1 aliphatic rings. The molecule has 1 aromatic rings. The van der Waals surface area contributed by atoms with Gasteiger partial charge in [-0.1, -0.05) is 18.5 Å². The molecule has 1 fully saturated rings. The smallest absolute Gasteiger partial charge is 0.179 e. The van der Waals surface area contributed by atoms with Gasteiger partial charge in [-0.3, -0.25) is 9.69 Å². The van der Waals surface area contributed by atoms with Crippen molar-refractivity contribution in [3.05, 3.63) is 34.9 Å². The average Bonchev–Trinajstić information content (AvgIpc) is 2.41. The Morgan fingerprint density at radius 3 is 2.58 bits per heavy atom. The van der Waals surface area contributed by atoms with Crippen molar-refractivity contribution in [2.45, 2.75) is 45.7 Å². The predicted octanol–water partition coefficient (Wildman–Crippen LogP) is 4.03. The molecule has 0 amide bonds. The first kappa shape index (κ1) is 14.5. The van der Waals surface area contributed by atoms with E-state index in [1.54, 1.807) is 12.1 Å². The van der Waals surface area contributed by atoms with Crippen LogP contribution in [-0.4, -0.2) is 29.3 Å². The summed E-state index contributed by atoms with van der Waals surface area (Å²) in [5.74, 6) is 0.854. The van der Waals surface area contributed by atoms with E-state index in [-0.39, 0.29) is 11.8 Å². The molecule has 3 atom stereocenters. The van der Waals surface area contributed by atoms with Crippen LogP contribution in [0, 0.1) is 5.92 Å². The average molecular weight is 280 g/mol. The normalized spacial score (nSPS) is 26.1. The summed E-state index contributed by atoms with van der Waals surface area (Å²) in [5, 5.41) is 0.671. The number of rotatable bonds is 3. The highest BCUT2D eigenvalue weighted by Crippen LogP contribution is 2.26. The summed E-state index contributed by atoms with van der Waals surface area (Å²) < 4.78 is 0. The third-order valence-corrected chi connectivity index (χ3v) is 4.68. The number of hydrogen-bond donors (Lipinski definition) is 0. The molecule has 3 heteroatoms. The van der Waals surface area contributed by atoms with Crippen LogP contribution in [0.5, 0.6) is 0 Å². The zero-order valence-electron chi connectivity index (χ0n) is 11.9. The lowest BCUT2D eigenvalue weighted by molar-refractivity contribution is 0.0569. The number of halogens is 1. The lowest BCUT2D eigenvalue weighted by Gasteiger charge is -2.41. The van der Waals surface area contributed by atoms with Gasteiger partial charge < -0.3 is 0 Å². The number of piperidine rings is 1. The molecule has 0 N–H and O–H groups in total. The number of benzene rings is 1. The van der Waals surface area contributed by atoms with Crippen LogP contribution in [0.15, 0.2) is 24.3 Å². The second kappa shape index (κ2) is 6.06. The number of nitrogens with zero attached hydrogens (tertiary/aromatic N) is 1. The molecule has 0 saturated carbocycles. The molecule has 0 radical (unpaired) electrons. The highest BCUT2D eigenvalue weighted by molar-refractivity contribution is 6.30. The lowest BCUT2D eigenvalue weighted by Crippen LogP contribution is -2.50. The minimum Gasteiger partial charge on any atom is -0.292 e. The van der Waals surface area contributed by atoms with Crippen LogP contribution in [0.3, 0.4) is 0 Å². The summed E-state index contributed by atoms with van der Waals surface area (Å²) in [5.41, 5.74) is 0.752. The fourth-order valence-electron chi connectivity index (χ4n) is 2.92. The van der Waals surface area contributed by atoms with Gasteiger partial charge in [0.05, 0.1) is 6.04 Å². The predicted molar refractivity (Wildman–Crippen MR) is 79.8 cm³/mol. The van der Waals surface area contributed by atoms with Crippen LogP contribution in [0.4, 0.5) is 0 Å². The second-order valence-electron chi connectivity index (χ2n) is 5.65. The Morgan fingerprint density at radius 2 is 1.95 bits per heavy atom. The quantitative estimate of drug-likeness (QED) is 0.779. The van der Waals surface area contributed by atoms with E-state index in [9.17, 15) is 4.79 Å². The summed E-state index contributed by atoms with van der Waals surface area (Å²) >= 11 is 5.87. The standard InChI is InChI=1S/C16H22ClNO/c1-11-5-4-10-18(12(11)2)13(3)16(19)14-6-8-15(17)9-7-14/h6-9,11-13H,4-5,10H2,1-3H3. The third kappa shape index (κ3) is 3.18. The van der Waals surface area contributed by atoms with E-state index in [1.165, 1.54) is 12.8 Å². The van der Waals surface area contributed by atoms with Gasteiger partial charge in [0.15, 0.2) is 5.78 Å². The van der Waals surface area contributed by atoms with E-state index in [1.807, 2.05) is 19.1 Å². The third-order valence-electron chi connectivity index (χ3n) is 4.43. The summed E-state index contributed by atoms with van der Waals surface area (Å²) in [6.45, 7) is 7.54. The minimum atomic E-state index is -0.0566. The molecular weight excluding hydrogens is 258 g/mol. The molecule has 19 heavy (non-hydrogen) atoms. The topological polar surface area (TPSA) is 20.3 Å². The molecule has 0 bridgehead atoms. The Labute approximate surface area is 120 Å². The number of hydrogen-bond acceptors (Lipinski definition) is 2. The van der Waals surface area contributed by atoms with Crippen LogP contribution < -0.4 is 0 Å². The van der Waals surface area contributed by atoms with Crippen molar-refractivity contribution in [2.24, 2.45) is 5.92 Å². The van der Waals surface area contributed by atoms with Crippen LogP contribution in [0.1, 0.15) is 44.0 Å². The first-order valence-corrected chi connectivity index (χ1v) is 7.44. The molecular formula is C16H22ClNO. The van der Waals surface area contributed by atoms with Crippen LogP contribution in [0.25, 0.3) is 0 Å². The highest BCUT2D eigenvalue weighted by Gasteiger charge is 2.31. The van der Waals surface area contributed by atoms with Gasteiger partial charge in [0.25, 0.3) is 0 Å². The summed E-state index contributed by atoms with van der Waals surface area (Å²) in [6.07, 6.45) is 2.45. The van der Waals surface area contributed by atoms with E-state index in [2.05, 4.69) is 18.7 Å². The number of carbonyl (C=O) groups excluding carboxylic acids is 1. The Balaban J connectivity index is 2.12. The van der Waals surface area contributed by atoms with Crippen molar-refractivity contribution in [3.8, 4) is 0 Å². The van der Waals surface area contributed by atoms with Gasteiger partial charge in [0.1, 0.15) is 0 Å². The van der Waals surface area contributed by atoms with Crippen molar-refractivity contribution in [1.29, 1.82) is 0 Å². The number of ketones is 1. The van der Waals surface area contributed by atoms with Crippen LogP contribution in [-0.2, 0) is 0 Å². The van der Waals surface area contributed by atoms with Gasteiger partial charge in [0, 0.05) is 16.6 Å². The van der Waals surface area contributed by atoms with E-state index >= 15 is 0 Å².